The summed E-state index contributed by atoms with van der Waals surface area (Å²) >= 11 is 12.2. The van der Waals surface area contributed by atoms with Crippen LogP contribution < -0.4 is 10.1 Å². The van der Waals surface area contributed by atoms with Crippen molar-refractivity contribution < 1.29 is 18.8 Å². The minimum Gasteiger partial charge on any atom is -0.497 e. The summed E-state index contributed by atoms with van der Waals surface area (Å²) in [6, 6.07) is 11.2. The lowest BCUT2D eigenvalue weighted by atomic mass is 9.92. The Morgan fingerprint density at radius 3 is 2.57 bits per heavy atom. The molecular weight excluding hydrogens is 431 g/mol. The number of methoxy groups -OCH3 is 1. The predicted octanol–water partition coefficient (Wildman–Crippen LogP) is 4.02. The van der Waals surface area contributed by atoms with Gasteiger partial charge in [-0.25, -0.2) is 4.79 Å². The summed E-state index contributed by atoms with van der Waals surface area (Å²) in [5.41, 5.74) is -0.201. The van der Waals surface area contributed by atoms with Gasteiger partial charge in [0.05, 0.1) is 13.7 Å². The largest absolute Gasteiger partial charge is 0.497 e. The standard InChI is InChI=1S/C20H16Cl2N4O4/c1-20(14-8-5-12(21)9-15(14)22)18(27)26(19(28)24-20)10-16-23-17(30-25-16)11-3-6-13(29-2)7-4-11/h3-9H,10H2,1-2H3,(H,24,28). The molecule has 10 heteroatoms. The number of halogens is 2. The Kier molecular flexibility index (Phi) is 5.13. The quantitative estimate of drug-likeness (QED) is 0.594. The fraction of sp³-hybridized carbons (Fsp3) is 0.200. The molecule has 0 aliphatic carbocycles. The fourth-order valence-electron chi connectivity index (χ4n) is 3.23. The maximum absolute atomic E-state index is 13.1. The highest BCUT2D eigenvalue weighted by Crippen LogP contribution is 2.35. The molecule has 1 aromatic heterocycles. The van der Waals surface area contributed by atoms with Crippen LogP contribution in [0.4, 0.5) is 4.79 Å². The van der Waals surface area contributed by atoms with Crippen LogP contribution in [0.1, 0.15) is 18.3 Å². The first kappa shape index (κ1) is 20.2. The lowest BCUT2D eigenvalue weighted by Crippen LogP contribution is -2.41. The molecule has 2 heterocycles. The number of carbonyl (C=O) groups excluding carboxylic acids is 2. The van der Waals surface area contributed by atoms with Crippen molar-refractivity contribution in [1.29, 1.82) is 0 Å². The van der Waals surface area contributed by atoms with Crippen LogP contribution in [0.3, 0.4) is 0 Å². The summed E-state index contributed by atoms with van der Waals surface area (Å²) in [5, 5.41) is 7.28. The van der Waals surface area contributed by atoms with Crippen molar-refractivity contribution in [3.8, 4) is 17.2 Å². The Morgan fingerprint density at radius 2 is 1.90 bits per heavy atom. The minimum absolute atomic E-state index is 0.148. The molecule has 1 aliphatic rings. The van der Waals surface area contributed by atoms with Gasteiger partial charge in [-0.2, -0.15) is 4.98 Å². The van der Waals surface area contributed by atoms with Crippen LogP contribution in [-0.4, -0.2) is 34.1 Å². The molecule has 8 nitrogen and oxygen atoms in total. The van der Waals surface area contributed by atoms with Gasteiger partial charge in [-0.1, -0.05) is 34.4 Å². The summed E-state index contributed by atoms with van der Waals surface area (Å²) in [7, 11) is 1.57. The number of imide groups is 1. The number of amides is 3. The van der Waals surface area contributed by atoms with Gasteiger partial charge in [-0.15, -0.1) is 0 Å². The van der Waals surface area contributed by atoms with E-state index in [2.05, 4.69) is 15.5 Å². The highest BCUT2D eigenvalue weighted by molar-refractivity contribution is 6.35. The topological polar surface area (TPSA) is 97.6 Å². The van der Waals surface area contributed by atoms with Crippen LogP contribution >= 0.6 is 23.2 Å². The van der Waals surface area contributed by atoms with Crippen LogP contribution in [0, 0.1) is 0 Å². The van der Waals surface area contributed by atoms with Gasteiger partial charge in [0.25, 0.3) is 11.8 Å². The van der Waals surface area contributed by atoms with Gasteiger partial charge in [0, 0.05) is 21.2 Å². The molecule has 0 bridgehead atoms. The highest BCUT2D eigenvalue weighted by atomic mass is 35.5. The average Bonchev–Trinajstić information content (AvgIpc) is 3.27. The number of hydrogen-bond acceptors (Lipinski definition) is 6. The van der Waals surface area contributed by atoms with Crippen LogP contribution in [0.5, 0.6) is 5.75 Å². The van der Waals surface area contributed by atoms with E-state index >= 15 is 0 Å². The van der Waals surface area contributed by atoms with E-state index in [9.17, 15) is 9.59 Å². The maximum atomic E-state index is 13.1. The first-order valence-electron chi connectivity index (χ1n) is 8.88. The molecule has 0 spiro atoms. The molecule has 3 amide bonds. The lowest BCUT2D eigenvalue weighted by Gasteiger charge is -2.23. The number of hydrogen-bond donors (Lipinski definition) is 1. The van der Waals surface area contributed by atoms with Crippen molar-refractivity contribution >= 4 is 35.1 Å². The molecule has 1 saturated heterocycles. The van der Waals surface area contributed by atoms with E-state index in [0.717, 1.165) is 4.90 Å². The van der Waals surface area contributed by atoms with Gasteiger partial charge in [0.1, 0.15) is 11.3 Å². The summed E-state index contributed by atoms with van der Waals surface area (Å²) in [6.45, 7) is 1.44. The Labute approximate surface area is 181 Å². The van der Waals surface area contributed by atoms with E-state index in [1.54, 1.807) is 50.4 Å². The third kappa shape index (κ3) is 3.48. The van der Waals surface area contributed by atoms with E-state index in [4.69, 9.17) is 32.5 Å². The third-order valence-electron chi connectivity index (χ3n) is 4.85. The first-order valence-corrected chi connectivity index (χ1v) is 9.64. The van der Waals surface area contributed by atoms with Gasteiger partial charge in [-0.05, 0) is 43.3 Å². The van der Waals surface area contributed by atoms with Crippen molar-refractivity contribution in [2.45, 2.75) is 19.0 Å². The number of nitrogens with zero attached hydrogens (tertiary/aromatic N) is 3. The second-order valence-electron chi connectivity index (χ2n) is 6.81. The molecule has 1 unspecified atom stereocenters. The predicted molar refractivity (Wildman–Crippen MR) is 109 cm³/mol. The molecule has 30 heavy (non-hydrogen) atoms. The minimum atomic E-state index is -1.33. The first-order chi connectivity index (χ1) is 14.3. The second-order valence-corrected chi connectivity index (χ2v) is 7.66. The maximum Gasteiger partial charge on any atom is 0.325 e. The number of rotatable bonds is 5. The number of urea groups is 1. The number of carbonyl (C=O) groups is 2. The summed E-state index contributed by atoms with van der Waals surface area (Å²) in [6.07, 6.45) is 0. The average molecular weight is 447 g/mol. The van der Waals surface area contributed by atoms with E-state index in [-0.39, 0.29) is 23.3 Å². The van der Waals surface area contributed by atoms with Gasteiger partial charge in [0.2, 0.25) is 0 Å². The zero-order valence-corrected chi connectivity index (χ0v) is 17.5. The van der Waals surface area contributed by atoms with Crippen LogP contribution in [0.15, 0.2) is 47.0 Å². The van der Waals surface area contributed by atoms with Crippen molar-refractivity contribution in [3.05, 3.63) is 63.9 Å². The Bertz CT molecular complexity index is 1130. The van der Waals surface area contributed by atoms with Gasteiger partial charge in [0.15, 0.2) is 5.82 Å². The molecule has 3 aromatic rings. The summed E-state index contributed by atoms with van der Waals surface area (Å²) in [5.74, 6) is 0.671. The number of nitrogens with one attached hydrogen (secondary N) is 1. The van der Waals surface area contributed by atoms with Gasteiger partial charge in [-0.3, -0.25) is 9.69 Å². The zero-order valence-electron chi connectivity index (χ0n) is 16.0. The molecular formula is C20H16Cl2N4O4. The molecule has 4 rings (SSSR count). The summed E-state index contributed by atoms with van der Waals surface area (Å²) < 4.78 is 10.4. The van der Waals surface area contributed by atoms with Crippen LogP contribution in [-0.2, 0) is 16.9 Å². The van der Waals surface area contributed by atoms with Crippen LogP contribution in [0.2, 0.25) is 10.0 Å². The summed E-state index contributed by atoms with van der Waals surface area (Å²) in [4.78, 5) is 30.9. The molecule has 2 aromatic carbocycles. The smallest absolute Gasteiger partial charge is 0.325 e. The molecule has 1 fully saturated rings. The molecule has 1 aliphatic heterocycles. The number of ether oxygens (including phenoxy) is 1. The lowest BCUT2D eigenvalue weighted by molar-refractivity contribution is -0.131. The van der Waals surface area contributed by atoms with Crippen LogP contribution in [0.25, 0.3) is 11.5 Å². The Morgan fingerprint density at radius 1 is 1.17 bits per heavy atom. The van der Waals surface area contributed by atoms with Gasteiger partial charge < -0.3 is 14.6 Å². The number of benzene rings is 2. The number of aromatic nitrogens is 2. The Hall–Kier alpha value is -3.10. The van der Waals surface area contributed by atoms with E-state index < -0.39 is 17.5 Å². The molecule has 154 valence electrons. The molecule has 1 atom stereocenters. The van der Waals surface area contributed by atoms with E-state index in [1.807, 2.05) is 0 Å². The van der Waals surface area contributed by atoms with Crippen molar-refractivity contribution in [1.82, 2.24) is 20.4 Å². The fourth-order valence-corrected chi connectivity index (χ4v) is 3.83. The molecule has 0 saturated carbocycles. The molecule has 1 N–H and O–H groups in total. The zero-order chi connectivity index (χ0) is 21.5. The monoisotopic (exact) mass is 446 g/mol. The Balaban J connectivity index is 1.56. The van der Waals surface area contributed by atoms with E-state index in [1.165, 1.54) is 6.07 Å². The van der Waals surface area contributed by atoms with E-state index in [0.29, 0.717) is 21.9 Å². The van der Waals surface area contributed by atoms with Crippen molar-refractivity contribution in [2.24, 2.45) is 0 Å². The molecule has 0 radical (unpaired) electrons. The van der Waals surface area contributed by atoms with Crippen molar-refractivity contribution in [2.75, 3.05) is 7.11 Å². The normalized spacial score (nSPS) is 18.6. The van der Waals surface area contributed by atoms with Gasteiger partial charge >= 0.3 is 6.03 Å². The SMILES string of the molecule is COc1ccc(-c2nc(CN3C(=O)NC(C)(c4ccc(Cl)cc4Cl)C3=O)no2)cc1. The second kappa shape index (κ2) is 7.62. The third-order valence-corrected chi connectivity index (χ3v) is 5.40. The highest BCUT2D eigenvalue weighted by Gasteiger charge is 2.50. The van der Waals surface area contributed by atoms with Crippen molar-refractivity contribution in [3.63, 3.8) is 0 Å².